The highest BCUT2D eigenvalue weighted by Gasteiger charge is 2.33. The zero-order chi connectivity index (χ0) is 19.4. The van der Waals surface area contributed by atoms with Gasteiger partial charge in [0.2, 0.25) is 0 Å². The summed E-state index contributed by atoms with van der Waals surface area (Å²) < 4.78 is 10.7. The van der Waals surface area contributed by atoms with E-state index >= 15 is 0 Å². The number of hydrogen-bond acceptors (Lipinski definition) is 3. The van der Waals surface area contributed by atoms with Crippen molar-refractivity contribution >= 4 is 5.96 Å². The minimum absolute atomic E-state index is 0.300. The maximum atomic E-state index is 5.40. The molecule has 1 aromatic carbocycles. The fourth-order valence-electron chi connectivity index (χ4n) is 3.65. The molecule has 1 aromatic rings. The van der Waals surface area contributed by atoms with Gasteiger partial charge in [-0.2, -0.15) is 0 Å². The molecule has 27 heavy (non-hydrogen) atoms. The molecule has 148 valence electrons. The Balaban J connectivity index is 1.74. The summed E-state index contributed by atoms with van der Waals surface area (Å²) in [4.78, 5) is 4.36. The Kier molecular flexibility index (Phi) is 9.00. The van der Waals surface area contributed by atoms with Gasteiger partial charge in [-0.25, -0.2) is 0 Å². The molecule has 0 heterocycles. The number of rotatable bonds is 10. The summed E-state index contributed by atoms with van der Waals surface area (Å²) in [6.45, 7) is 2.91. The minimum Gasteiger partial charge on any atom is -0.481 e. The molecule has 0 aliphatic heterocycles. The monoisotopic (exact) mass is 371 g/mol. The molecule has 0 aromatic heterocycles. The van der Waals surface area contributed by atoms with Crippen LogP contribution in [0.2, 0.25) is 0 Å². The second-order valence-corrected chi connectivity index (χ2v) is 7.19. The molecule has 1 fully saturated rings. The van der Waals surface area contributed by atoms with Gasteiger partial charge in [0.25, 0.3) is 0 Å². The van der Waals surface area contributed by atoms with Crippen LogP contribution in [0, 0.1) is 17.8 Å². The Labute approximate surface area is 163 Å². The van der Waals surface area contributed by atoms with Gasteiger partial charge >= 0.3 is 0 Å². The molecule has 5 heteroatoms. The Morgan fingerprint density at radius 3 is 2.59 bits per heavy atom. The van der Waals surface area contributed by atoms with Crippen LogP contribution in [0.1, 0.15) is 37.7 Å². The first kappa shape index (κ1) is 21.1. The lowest BCUT2D eigenvalue weighted by molar-refractivity contribution is 0.138. The van der Waals surface area contributed by atoms with Gasteiger partial charge in [-0.05, 0) is 48.8 Å². The fourth-order valence-corrected chi connectivity index (χ4v) is 3.65. The standard InChI is InChI=1S/C22H33N3O2/c1-4-16-27-20-9-7-19(8-10-20)11-15-24-21(23-2)25-18-22(14-17-26-3)12-5-6-13-22/h1,7-10H,5-6,11-18H2,2-3H3,(H2,23,24,25). The average molecular weight is 372 g/mol. The highest BCUT2D eigenvalue weighted by Crippen LogP contribution is 2.40. The molecule has 5 nitrogen and oxygen atoms in total. The van der Waals surface area contributed by atoms with E-state index in [1.165, 1.54) is 31.2 Å². The van der Waals surface area contributed by atoms with Crippen LogP contribution in [-0.2, 0) is 11.2 Å². The number of nitrogens with one attached hydrogen (secondary N) is 2. The van der Waals surface area contributed by atoms with Crippen molar-refractivity contribution in [3.05, 3.63) is 29.8 Å². The van der Waals surface area contributed by atoms with Crippen LogP contribution in [0.3, 0.4) is 0 Å². The number of methoxy groups -OCH3 is 1. The first-order valence-corrected chi connectivity index (χ1v) is 9.80. The second-order valence-electron chi connectivity index (χ2n) is 7.19. The number of guanidine groups is 1. The number of benzene rings is 1. The molecule has 2 N–H and O–H groups in total. The van der Waals surface area contributed by atoms with Crippen LogP contribution in [0.25, 0.3) is 0 Å². The lowest BCUT2D eigenvalue weighted by atomic mass is 9.83. The number of aliphatic imine (C=N–C) groups is 1. The molecule has 2 rings (SSSR count). The van der Waals surface area contributed by atoms with Crippen LogP contribution in [0.15, 0.2) is 29.3 Å². The quantitative estimate of drug-likeness (QED) is 0.377. The molecular weight excluding hydrogens is 338 g/mol. The lowest BCUT2D eigenvalue weighted by Crippen LogP contribution is -2.43. The third-order valence-electron chi connectivity index (χ3n) is 5.31. The third kappa shape index (κ3) is 7.15. The molecule has 1 aliphatic rings. The van der Waals surface area contributed by atoms with Gasteiger partial charge in [-0.3, -0.25) is 4.99 Å². The molecule has 0 amide bonds. The molecular formula is C22H33N3O2. The highest BCUT2D eigenvalue weighted by atomic mass is 16.5. The van der Waals surface area contributed by atoms with Crippen molar-refractivity contribution in [3.8, 4) is 18.1 Å². The third-order valence-corrected chi connectivity index (χ3v) is 5.31. The predicted octanol–water partition coefficient (Wildman–Crippen LogP) is 3.00. The Morgan fingerprint density at radius 2 is 1.96 bits per heavy atom. The summed E-state index contributed by atoms with van der Waals surface area (Å²) in [5.74, 6) is 4.14. The smallest absolute Gasteiger partial charge is 0.191 e. The van der Waals surface area contributed by atoms with Gasteiger partial charge in [0.05, 0.1) is 0 Å². The van der Waals surface area contributed by atoms with E-state index < -0.39 is 0 Å². The maximum Gasteiger partial charge on any atom is 0.191 e. The van der Waals surface area contributed by atoms with Gasteiger partial charge < -0.3 is 20.1 Å². The molecule has 0 saturated heterocycles. The van der Waals surface area contributed by atoms with Crippen LogP contribution in [0.5, 0.6) is 5.75 Å². The Morgan fingerprint density at radius 1 is 1.22 bits per heavy atom. The Bertz CT molecular complexity index is 613. The van der Waals surface area contributed by atoms with E-state index in [9.17, 15) is 0 Å². The summed E-state index contributed by atoms with van der Waals surface area (Å²) >= 11 is 0. The normalized spacial score (nSPS) is 16.0. The van der Waals surface area contributed by atoms with Crippen molar-refractivity contribution in [3.63, 3.8) is 0 Å². The number of nitrogens with zero attached hydrogens (tertiary/aromatic N) is 1. The summed E-state index contributed by atoms with van der Waals surface area (Å²) in [6, 6.07) is 8.06. The van der Waals surface area contributed by atoms with Crippen molar-refractivity contribution in [1.82, 2.24) is 10.6 Å². The van der Waals surface area contributed by atoms with E-state index in [2.05, 4.69) is 33.7 Å². The number of terminal acetylenes is 1. The van der Waals surface area contributed by atoms with Crippen LogP contribution in [0.4, 0.5) is 0 Å². The van der Waals surface area contributed by atoms with E-state index in [0.29, 0.717) is 12.0 Å². The molecule has 0 spiro atoms. The van der Waals surface area contributed by atoms with Gasteiger partial charge in [-0.15, -0.1) is 6.42 Å². The second kappa shape index (κ2) is 11.5. The average Bonchev–Trinajstić information content (AvgIpc) is 3.17. The van der Waals surface area contributed by atoms with Gasteiger partial charge in [0.1, 0.15) is 12.4 Å². The Hall–Kier alpha value is -2.19. The van der Waals surface area contributed by atoms with Crippen molar-refractivity contribution < 1.29 is 9.47 Å². The highest BCUT2D eigenvalue weighted by molar-refractivity contribution is 5.79. The van der Waals surface area contributed by atoms with E-state index in [1.54, 1.807) is 7.11 Å². The van der Waals surface area contributed by atoms with Gasteiger partial charge in [0.15, 0.2) is 5.96 Å². The fraction of sp³-hybridized carbons (Fsp3) is 0.591. The summed E-state index contributed by atoms with van der Waals surface area (Å²) in [6.07, 6.45) is 12.4. The molecule has 1 aliphatic carbocycles. The van der Waals surface area contributed by atoms with Crippen molar-refractivity contribution in [1.29, 1.82) is 0 Å². The van der Waals surface area contributed by atoms with Gasteiger partial charge in [-0.1, -0.05) is 30.9 Å². The van der Waals surface area contributed by atoms with Crippen molar-refractivity contribution in [2.75, 3.05) is 40.5 Å². The van der Waals surface area contributed by atoms with Crippen molar-refractivity contribution in [2.45, 2.75) is 38.5 Å². The molecule has 0 radical (unpaired) electrons. The summed E-state index contributed by atoms with van der Waals surface area (Å²) in [5, 5.41) is 6.94. The SMILES string of the molecule is C#CCOc1ccc(CCNC(=NC)NCC2(CCOC)CCCC2)cc1. The largest absolute Gasteiger partial charge is 0.481 e. The zero-order valence-corrected chi connectivity index (χ0v) is 16.7. The van der Waals surface area contributed by atoms with E-state index in [-0.39, 0.29) is 0 Å². The lowest BCUT2D eigenvalue weighted by Gasteiger charge is -2.30. The zero-order valence-electron chi connectivity index (χ0n) is 16.7. The van der Waals surface area contributed by atoms with Crippen LogP contribution < -0.4 is 15.4 Å². The molecule has 1 saturated carbocycles. The number of ether oxygens (including phenoxy) is 2. The van der Waals surface area contributed by atoms with Crippen LogP contribution in [-0.4, -0.2) is 46.4 Å². The van der Waals surface area contributed by atoms with E-state index in [0.717, 1.165) is 44.2 Å². The molecule has 0 unspecified atom stereocenters. The topological polar surface area (TPSA) is 54.9 Å². The summed E-state index contributed by atoms with van der Waals surface area (Å²) in [7, 11) is 3.60. The molecule has 0 bridgehead atoms. The van der Waals surface area contributed by atoms with E-state index in [1.807, 2.05) is 19.2 Å². The predicted molar refractivity (Wildman–Crippen MR) is 111 cm³/mol. The first-order chi connectivity index (χ1) is 13.2. The minimum atomic E-state index is 0.300. The molecule has 0 atom stereocenters. The van der Waals surface area contributed by atoms with Crippen LogP contribution >= 0.6 is 0 Å². The number of hydrogen-bond donors (Lipinski definition) is 2. The maximum absolute atomic E-state index is 5.40. The summed E-state index contributed by atoms with van der Waals surface area (Å²) in [5.41, 5.74) is 1.60. The first-order valence-electron chi connectivity index (χ1n) is 9.80. The van der Waals surface area contributed by atoms with Crippen molar-refractivity contribution in [2.24, 2.45) is 10.4 Å². The van der Waals surface area contributed by atoms with E-state index in [4.69, 9.17) is 15.9 Å². The van der Waals surface area contributed by atoms with Gasteiger partial charge in [0, 0.05) is 33.9 Å².